The standard InChI is InChI=1S/C8H8O3.C7H6O3.C6H8O2.C3H7.K/c1-11-8(10)6-2-4-7(9)5-3-6;8-6-3-1-5(2-4-6)7(9)10;1-2-3-4-5-6(7)8;1-3-2;/h2-5,9H,1H3;1-4,8H,(H,9,10);2-5H,1H3,(H,7,8);1,3H2,2H3;/q;;;-1;+1. The number of aliphatic carboxylic acids is 1. The first-order valence-electron chi connectivity index (χ1n) is 9.34. The Morgan fingerprint density at radius 3 is 1.58 bits per heavy atom. The Kier molecular flexibility index (Phi) is 24.2. The van der Waals surface area contributed by atoms with Gasteiger partial charge in [0.25, 0.3) is 0 Å². The fraction of sp³-hybridized carbons (Fsp3) is 0.167. The van der Waals surface area contributed by atoms with Gasteiger partial charge in [0.1, 0.15) is 11.5 Å². The van der Waals surface area contributed by atoms with Gasteiger partial charge >= 0.3 is 69.3 Å². The van der Waals surface area contributed by atoms with Crippen molar-refractivity contribution >= 4 is 17.9 Å². The number of rotatable bonds is 4. The topological polar surface area (TPSA) is 141 Å². The summed E-state index contributed by atoms with van der Waals surface area (Å²) in [5.41, 5.74) is 0.614. The third kappa shape index (κ3) is 21.2. The molecule has 0 saturated heterocycles. The number of carboxylic acid groups (broad SMARTS) is 2. The average Bonchev–Trinajstić information content (AvgIpc) is 2.75. The molecular weight excluding hydrogens is 455 g/mol. The molecule has 0 atom stereocenters. The molecule has 0 amide bonds. The van der Waals surface area contributed by atoms with Crippen molar-refractivity contribution in [2.45, 2.75) is 20.3 Å². The fourth-order valence-corrected chi connectivity index (χ4v) is 1.57. The quantitative estimate of drug-likeness (QED) is 0.169. The number of hydrogen-bond donors (Lipinski definition) is 4. The van der Waals surface area contributed by atoms with E-state index < -0.39 is 17.9 Å². The van der Waals surface area contributed by atoms with E-state index in [9.17, 15) is 14.4 Å². The molecule has 0 aliphatic rings. The van der Waals surface area contributed by atoms with Crippen molar-refractivity contribution in [2.75, 3.05) is 7.11 Å². The van der Waals surface area contributed by atoms with Crippen molar-refractivity contribution < 1.29 is 90.9 Å². The third-order valence-electron chi connectivity index (χ3n) is 2.95. The van der Waals surface area contributed by atoms with Crippen LogP contribution in [0.1, 0.15) is 41.0 Å². The molecule has 0 saturated carbocycles. The van der Waals surface area contributed by atoms with Crippen LogP contribution in [0.3, 0.4) is 0 Å². The maximum atomic E-state index is 10.8. The Balaban J connectivity index is -0.000000384. The van der Waals surface area contributed by atoms with Crippen molar-refractivity contribution in [3.8, 4) is 11.5 Å². The molecule has 0 unspecified atom stereocenters. The minimum Gasteiger partial charge on any atom is -0.508 e. The number of methoxy groups -OCH3 is 1. The molecule has 0 aliphatic heterocycles. The van der Waals surface area contributed by atoms with Gasteiger partial charge < -0.3 is 32.1 Å². The number of hydrogen-bond acceptors (Lipinski definition) is 6. The molecule has 2 rings (SSSR count). The molecule has 0 fully saturated rings. The second kappa shape index (κ2) is 22.7. The Hall–Kier alpha value is -2.43. The molecular formula is C24H29KO8. The number of phenols is 2. The fourth-order valence-electron chi connectivity index (χ4n) is 1.57. The van der Waals surface area contributed by atoms with Crippen molar-refractivity contribution in [3.05, 3.63) is 90.9 Å². The zero-order valence-corrected chi connectivity index (χ0v) is 22.4. The third-order valence-corrected chi connectivity index (χ3v) is 2.95. The molecule has 0 spiro atoms. The van der Waals surface area contributed by atoms with Crippen LogP contribution in [0.5, 0.6) is 11.5 Å². The van der Waals surface area contributed by atoms with Gasteiger partial charge in [-0.05, 0) is 55.5 Å². The number of allylic oxidation sites excluding steroid dienone is 3. The Morgan fingerprint density at radius 1 is 0.879 bits per heavy atom. The smallest absolute Gasteiger partial charge is 0.508 e. The van der Waals surface area contributed by atoms with E-state index in [-0.39, 0.29) is 68.4 Å². The zero-order valence-electron chi connectivity index (χ0n) is 19.3. The number of phenolic OH excluding ortho intramolecular Hbond substituents is 2. The van der Waals surface area contributed by atoms with E-state index in [1.165, 1.54) is 61.7 Å². The van der Waals surface area contributed by atoms with Crippen LogP contribution in [-0.2, 0) is 9.53 Å². The van der Waals surface area contributed by atoms with Gasteiger partial charge in [0.05, 0.1) is 18.2 Å². The summed E-state index contributed by atoms with van der Waals surface area (Å²) in [7, 11) is 1.31. The monoisotopic (exact) mass is 484 g/mol. The van der Waals surface area contributed by atoms with Crippen LogP contribution < -0.4 is 51.4 Å². The molecule has 33 heavy (non-hydrogen) atoms. The maximum Gasteiger partial charge on any atom is 1.00 e. The van der Waals surface area contributed by atoms with Gasteiger partial charge in [-0.2, -0.15) is 6.42 Å². The number of carbonyl (C=O) groups is 3. The van der Waals surface area contributed by atoms with Gasteiger partial charge in [-0.1, -0.05) is 25.2 Å². The van der Waals surface area contributed by atoms with Crippen molar-refractivity contribution in [1.29, 1.82) is 0 Å². The van der Waals surface area contributed by atoms with E-state index in [0.29, 0.717) is 5.56 Å². The van der Waals surface area contributed by atoms with E-state index in [1.807, 2.05) is 13.8 Å². The molecule has 9 heteroatoms. The summed E-state index contributed by atoms with van der Waals surface area (Å²) in [6.45, 7) is 7.33. The zero-order chi connectivity index (χ0) is 24.9. The number of carbonyl (C=O) groups excluding carboxylic acids is 1. The van der Waals surface area contributed by atoms with Gasteiger partial charge in [-0.3, -0.25) is 0 Å². The van der Waals surface area contributed by atoms with Crippen LogP contribution in [0.25, 0.3) is 0 Å². The molecule has 2 aromatic carbocycles. The van der Waals surface area contributed by atoms with E-state index in [2.05, 4.69) is 11.7 Å². The molecule has 8 nitrogen and oxygen atoms in total. The number of benzene rings is 2. The van der Waals surface area contributed by atoms with Crippen LogP contribution in [0.15, 0.2) is 72.8 Å². The Labute approximate surface area is 236 Å². The average molecular weight is 485 g/mol. The number of ether oxygens (including phenoxy) is 1. The van der Waals surface area contributed by atoms with Crippen LogP contribution in [0.2, 0.25) is 0 Å². The predicted molar refractivity (Wildman–Crippen MR) is 122 cm³/mol. The van der Waals surface area contributed by atoms with E-state index >= 15 is 0 Å². The molecule has 174 valence electrons. The summed E-state index contributed by atoms with van der Waals surface area (Å²) >= 11 is 0. The number of aromatic carboxylic acids is 1. The second-order valence-electron chi connectivity index (χ2n) is 5.61. The normalized spacial score (nSPS) is 9.09. The minimum absolute atomic E-state index is 0. The predicted octanol–water partition coefficient (Wildman–Crippen LogP) is 1.71. The second-order valence-corrected chi connectivity index (χ2v) is 5.61. The summed E-state index contributed by atoms with van der Waals surface area (Å²) in [5.74, 6) is -2.09. The van der Waals surface area contributed by atoms with E-state index in [4.69, 9.17) is 20.4 Å². The van der Waals surface area contributed by atoms with Crippen LogP contribution >= 0.6 is 0 Å². The van der Waals surface area contributed by atoms with Gasteiger partial charge in [0.2, 0.25) is 0 Å². The van der Waals surface area contributed by atoms with Gasteiger partial charge in [-0.25, -0.2) is 14.4 Å². The molecule has 0 heterocycles. The molecule has 0 aromatic heterocycles. The summed E-state index contributed by atoms with van der Waals surface area (Å²) in [6.07, 6.45) is 6.98. The molecule has 0 bridgehead atoms. The number of carboxylic acids is 2. The van der Waals surface area contributed by atoms with Crippen molar-refractivity contribution in [3.63, 3.8) is 0 Å². The minimum atomic E-state index is -0.986. The summed E-state index contributed by atoms with van der Waals surface area (Å²) in [4.78, 5) is 30.8. The number of aromatic hydroxyl groups is 2. The summed E-state index contributed by atoms with van der Waals surface area (Å²) < 4.78 is 4.46. The van der Waals surface area contributed by atoms with Gasteiger partial charge in [0, 0.05) is 6.08 Å². The maximum absolute atomic E-state index is 10.8. The first-order chi connectivity index (χ1) is 15.1. The van der Waals surface area contributed by atoms with Crippen molar-refractivity contribution in [1.82, 2.24) is 0 Å². The van der Waals surface area contributed by atoms with E-state index in [0.717, 1.165) is 12.5 Å². The van der Waals surface area contributed by atoms with Crippen LogP contribution in [0, 0.1) is 6.92 Å². The first kappa shape index (κ1) is 35.2. The Morgan fingerprint density at radius 2 is 1.27 bits per heavy atom. The van der Waals surface area contributed by atoms with Crippen LogP contribution in [-0.4, -0.2) is 45.4 Å². The summed E-state index contributed by atoms with van der Waals surface area (Å²) in [5, 5.41) is 34.0. The molecule has 4 N–H and O–H groups in total. The first-order valence-corrected chi connectivity index (χ1v) is 9.34. The molecule has 2 aromatic rings. The Bertz CT molecular complexity index is 857. The van der Waals surface area contributed by atoms with E-state index in [1.54, 1.807) is 12.2 Å². The number of esters is 1. The van der Waals surface area contributed by atoms with Crippen LogP contribution in [0.4, 0.5) is 0 Å². The van der Waals surface area contributed by atoms with Crippen molar-refractivity contribution in [2.24, 2.45) is 0 Å². The summed E-state index contributed by atoms with van der Waals surface area (Å²) in [6, 6.07) is 11.2. The molecule has 0 aliphatic carbocycles. The van der Waals surface area contributed by atoms with Gasteiger partial charge in [0.15, 0.2) is 0 Å². The largest absolute Gasteiger partial charge is 1.00 e. The molecule has 0 radical (unpaired) electrons. The van der Waals surface area contributed by atoms with Gasteiger partial charge in [-0.15, -0.1) is 0 Å². The SMILES string of the molecule is CC=CC=CC(=O)O.COC(=O)c1ccc(O)cc1.O=C(O)c1ccc(O)cc1.[CH2-]CC.[K+].